The van der Waals surface area contributed by atoms with Crippen LogP contribution in [-0.2, 0) is 17.6 Å². The molecule has 0 radical (unpaired) electrons. The van der Waals surface area contributed by atoms with Crippen molar-refractivity contribution >= 4 is 16.7 Å². The largest absolute Gasteiger partial charge is 0.481 e. The smallest absolute Gasteiger partial charge is 0.307 e. The number of hydrogen-bond acceptors (Lipinski definition) is 2. The number of fused-ring (bicyclic) bond motifs is 1. The number of benzene rings is 2. The van der Waals surface area contributed by atoms with Crippen molar-refractivity contribution in [2.45, 2.75) is 58.5 Å². The van der Waals surface area contributed by atoms with E-state index in [1.54, 1.807) is 0 Å². The van der Waals surface area contributed by atoms with Gasteiger partial charge in [-0.1, -0.05) is 63.6 Å². The van der Waals surface area contributed by atoms with Crippen molar-refractivity contribution in [1.29, 1.82) is 0 Å². The third-order valence-corrected chi connectivity index (χ3v) is 6.08. The summed E-state index contributed by atoms with van der Waals surface area (Å²) in [7, 11) is 0. The molecule has 2 N–H and O–H groups in total. The molecule has 1 aliphatic rings. The number of carboxylic acids is 1. The molecule has 0 spiro atoms. The Balaban J connectivity index is 2.05. The van der Waals surface area contributed by atoms with Crippen LogP contribution >= 0.6 is 0 Å². The highest BCUT2D eigenvalue weighted by Gasteiger charge is 2.42. The zero-order valence-electron chi connectivity index (χ0n) is 16.0. The maximum atomic E-state index is 11.6. The summed E-state index contributed by atoms with van der Waals surface area (Å²) in [5.74, 6) is 0.405. The first-order chi connectivity index (χ1) is 12.3. The van der Waals surface area contributed by atoms with Crippen molar-refractivity contribution in [3.05, 3.63) is 47.5 Å². The van der Waals surface area contributed by atoms with Crippen LogP contribution in [0.1, 0.15) is 51.2 Å². The van der Waals surface area contributed by atoms with E-state index in [9.17, 15) is 15.0 Å². The molecule has 0 heterocycles. The molecule has 0 aromatic heterocycles. The van der Waals surface area contributed by atoms with E-state index in [4.69, 9.17) is 0 Å². The Hall–Kier alpha value is -1.87. The molecule has 3 atom stereocenters. The van der Waals surface area contributed by atoms with Gasteiger partial charge in [-0.3, -0.25) is 4.79 Å². The standard InChI is InChI=1S/C23H30O3/c1-15(2)20-11-10-16(3)13-23(20,26)14-19-9-5-7-17-6-4-8-18(22(17)19)12-21(24)25/h4-9,15-16,20,26H,10-14H2,1-3H3,(H,24,25)/t16-,20+,23-/m1/s1. The fraction of sp³-hybridized carbons (Fsp3) is 0.522. The summed E-state index contributed by atoms with van der Waals surface area (Å²) < 4.78 is 0. The normalized spacial score (nSPS) is 26.3. The zero-order chi connectivity index (χ0) is 18.9. The van der Waals surface area contributed by atoms with E-state index in [1.165, 1.54) is 6.42 Å². The first kappa shape index (κ1) is 18.9. The highest BCUT2D eigenvalue weighted by molar-refractivity contribution is 5.91. The van der Waals surface area contributed by atoms with E-state index in [2.05, 4.69) is 26.8 Å². The van der Waals surface area contributed by atoms with E-state index in [1.807, 2.05) is 30.3 Å². The molecule has 140 valence electrons. The average molecular weight is 354 g/mol. The topological polar surface area (TPSA) is 57.5 Å². The monoisotopic (exact) mass is 354 g/mol. The van der Waals surface area contributed by atoms with Crippen molar-refractivity contribution < 1.29 is 15.0 Å². The van der Waals surface area contributed by atoms with Gasteiger partial charge in [0.25, 0.3) is 0 Å². The van der Waals surface area contributed by atoms with E-state index < -0.39 is 11.6 Å². The first-order valence-electron chi connectivity index (χ1n) is 9.74. The Labute approximate surface area is 156 Å². The van der Waals surface area contributed by atoms with Crippen molar-refractivity contribution in [3.8, 4) is 0 Å². The lowest BCUT2D eigenvalue weighted by Gasteiger charge is -2.45. The van der Waals surface area contributed by atoms with Crippen LogP contribution in [0, 0.1) is 17.8 Å². The van der Waals surface area contributed by atoms with Gasteiger partial charge in [0.1, 0.15) is 0 Å². The Bertz CT molecular complexity index is 790. The van der Waals surface area contributed by atoms with Crippen LogP contribution in [0.5, 0.6) is 0 Å². The van der Waals surface area contributed by atoms with Crippen molar-refractivity contribution in [1.82, 2.24) is 0 Å². The van der Waals surface area contributed by atoms with Gasteiger partial charge in [0, 0.05) is 6.42 Å². The molecule has 26 heavy (non-hydrogen) atoms. The summed E-state index contributed by atoms with van der Waals surface area (Å²) in [6.45, 7) is 6.62. The average Bonchev–Trinajstić information content (AvgIpc) is 2.53. The van der Waals surface area contributed by atoms with Crippen molar-refractivity contribution in [3.63, 3.8) is 0 Å². The molecule has 0 unspecified atom stereocenters. The lowest BCUT2D eigenvalue weighted by Crippen LogP contribution is -2.47. The fourth-order valence-corrected chi connectivity index (χ4v) is 5.04. The Morgan fingerprint density at radius 2 is 1.81 bits per heavy atom. The first-order valence-corrected chi connectivity index (χ1v) is 9.74. The third-order valence-electron chi connectivity index (χ3n) is 6.08. The lowest BCUT2D eigenvalue weighted by atomic mass is 9.64. The number of rotatable bonds is 5. The molecule has 1 saturated carbocycles. The molecule has 0 saturated heterocycles. The number of carboxylic acid groups (broad SMARTS) is 1. The number of aliphatic hydroxyl groups is 1. The van der Waals surface area contributed by atoms with Gasteiger partial charge in [0.2, 0.25) is 0 Å². The highest BCUT2D eigenvalue weighted by atomic mass is 16.4. The second-order valence-corrected chi connectivity index (χ2v) is 8.52. The predicted molar refractivity (Wildman–Crippen MR) is 105 cm³/mol. The van der Waals surface area contributed by atoms with Crippen LogP contribution in [0.4, 0.5) is 0 Å². The maximum absolute atomic E-state index is 11.6. The van der Waals surface area contributed by atoms with Crippen LogP contribution in [-0.4, -0.2) is 21.8 Å². The SMILES string of the molecule is CC(C)[C@@H]1CC[C@@H](C)C[C@@]1(O)Cc1cccc2cccc(CC(=O)O)c12. The molecule has 0 aliphatic heterocycles. The van der Waals surface area contributed by atoms with Gasteiger partial charge in [-0.25, -0.2) is 0 Å². The fourth-order valence-electron chi connectivity index (χ4n) is 5.04. The Morgan fingerprint density at radius 1 is 1.15 bits per heavy atom. The summed E-state index contributed by atoms with van der Waals surface area (Å²) in [5.41, 5.74) is 1.18. The van der Waals surface area contributed by atoms with Gasteiger partial charge < -0.3 is 10.2 Å². The molecular formula is C23H30O3. The predicted octanol–water partition coefficient (Wildman–Crippen LogP) is 4.83. The van der Waals surface area contributed by atoms with Crippen LogP contribution in [0.25, 0.3) is 10.8 Å². The quantitative estimate of drug-likeness (QED) is 0.808. The molecule has 0 bridgehead atoms. The second-order valence-electron chi connectivity index (χ2n) is 8.52. The molecule has 3 nitrogen and oxygen atoms in total. The minimum absolute atomic E-state index is 0.0107. The number of carbonyl (C=O) groups is 1. The van der Waals surface area contributed by atoms with E-state index in [0.717, 1.165) is 34.7 Å². The van der Waals surface area contributed by atoms with Gasteiger partial charge in [0.05, 0.1) is 12.0 Å². The molecule has 1 fully saturated rings. The zero-order valence-corrected chi connectivity index (χ0v) is 16.0. The van der Waals surface area contributed by atoms with Crippen LogP contribution in [0.2, 0.25) is 0 Å². The van der Waals surface area contributed by atoms with E-state index in [0.29, 0.717) is 18.3 Å². The Kier molecular flexibility index (Phi) is 5.38. The van der Waals surface area contributed by atoms with Gasteiger partial charge in [-0.05, 0) is 52.5 Å². The molecule has 0 amide bonds. The van der Waals surface area contributed by atoms with Gasteiger partial charge in [-0.2, -0.15) is 0 Å². The highest BCUT2D eigenvalue weighted by Crippen LogP contribution is 2.43. The second kappa shape index (κ2) is 7.40. The molecular weight excluding hydrogens is 324 g/mol. The van der Waals surface area contributed by atoms with E-state index >= 15 is 0 Å². The summed E-state index contributed by atoms with van der Waals surface area (Å²) in [5, 5.41) is 23.0. The molecule has 2 aromatic carbocycles. The molecule has 3 rings (SSSR count). The molecule has 1 aliphatic carbocycles. The minimum atomic E-state index is -0.822. The Morgan fingerprint density at radius 3 is 2.42 bits per heavy atom. The summed E-state index contributed by atoms with van der Waals surface area (Å²) >= 11 is 0. The summed E-state index contributed by atoms with van der Waals surface area (Å²) in [6, 6.07) is 11.9. The number of aliphatic carboxylic acids is 1. The third kappa shape index (κ3) is 3.78. The maximum Gasteiger partial charge on any atom is 0.307 e. The lowest BCUT2D eigenvalue weighted by molar-refractivity contribution is -0.136. The van der Waals surface area contributed by atoms with Crippen LogP contribution in [0.15, 0.2) is 36.4 Å². The minimum Gasteiger partial charge on any atom is -0.481 e. The summed E-state index contributed by atoms with van der Waals surface area (Å²) in [6.07, 6.45) is 3.64. The van der Waals surface area contributed by atoms with Gasteiger partial charge >= 0.3 is 5.97 Å². The van der Waals surface area contributed by atoms with Crippen molar-refractivity contribution in [2.24, 2.45) is 17.8 Å². The summed E-state index contributed by atoms with van der Waals surface area (Å²) in [4.78, 5) is 11.3. The van der Waals surface area contributed by atoms with Crippen LogP contribution in [0.3, 0.4) is 0 Å². The molecule has 3 heteroatoms. The van der Waals surface area contributed by atoms with Gasteiger partial charge in [0.15, 0.2) is 0 Å². The van der Waals surface area contributed by atoms with Crippen LogP contribution < -0.4 is 0 Å². The number of hydrogen-bond donors (Lipinski definition) is 2. The van der Waals surface area contributed by atoms with E-state index in [-0.39, 0.29) is 12.3 Å². The molecule has 2 aromatic rings. The van der Waals surface area contributed by atoms with Crippen molar-refractivity contribution in [2.75, 3.05) is 0 Å². The van der Waals surface area contributed by atoms with Gasteiger partial charge in [-0.15, -0.1) is 0 Å².